The van der Waals surface area contributed by atoms with Gasteiger partial charge >= 0.3 is 5.97 Å². The predicted octanol–water partition coefficient (Wildman–Crippen LogP) is 2.64. The van der Waals surface area contributed by atoms with Gasteiger partial charge in [0, 0.05) is 5.69 Å². The standard InChI is InChI=1S/C20H19NO6/c22-19(14-27-20(23)18-13-24-10-11-25-18)21-16-6-8-17(9-7-16)26-12-15-4-2-1-3-5-15/h1-9,13H,10-12,14H2,(H,21,22). The topological polar surface area (TPSA) is 83.1 Å². The fourth-order valence-corrected chi connectivity index (χ4v) is 2.25. The molecular weight excluding hydrogens is 350 g/mol. The Morgan fingerprint density at radius 3 is 2.48 bits per heavy atom. The van der Waals surface area contributed by atoms with Gasteiger partial charge in [-0.25, -0.2) is 4.79 Å². The Morgan fingerprint density at radius 2 is 1.78 bits per heavy atom. The molecule has 0 radical (unpaired) electrons. The van der Waals surface area contributed by atoms with Gasteiger partial charge in [-0.1, -0.05) is 30.3 Å². The number of carbonyl (C=O) groups is 2. The van der Waals surface area contributed by atoms with Gasteiger partial charge in [-0.15, -0.1) is 0 Å². The van der Waals surface area contributed by atoms with E-state index in [2.05, 4.69) is 5.32 Å². The molecule has 0 bridgehead atoms. The molecule has 1 N–H and O–H groups in total. The van der Waals surface area contributed by atoms with Crippen LogP contribution in [0.15, 0.2) is 66.6 Å². The fourth-order valence-electron chi connectivity index (χ4n) is 2.25. The molecule has 1 aliphatic heterocycles. The van der Waals surface area contributed by atoms with E-state index in [4.69, 9.17) is 18.9 Å². The maximum atomic E-state index is 11.9. The number of rotatable bonds is 7. The van der Waals surface area contributed by atoms with E-state index < -0.39 is 18.5 Å². The van der Waals surface area contributed by atoms with Gasteiger partial charge in [0.25, 0.3) is 5.91 Å². The van der Waals surface area contributed by atoms with E-state index in [1.807, 2.05) is 30.3 Å². The molecule has 0 aromatic heterocycles. The Labute approximate surface area is 156 Å². The minimum Gasteiger partial charge on any atom is -0.493 e. The fraction of sp³-hybridized carbons (Fsp3) is 0.200. The lowest BCUT2D eigenvalue weighted by Crippen LogP contribution is -2.23. The van der Waals surface area contributed by atoms with Gasteiger partial charge in [-0.05, 0) is 29.8 Å². The highest BCUT2D eigenvalue weighted by Crippen LogP contribution is 2.17. The van der Waals surface area contributed by atoms with Crippen LogP contribution < -0.4 is 10.1 Å². The van der Waals surface area contributed by atoms with Gasteiger partial charge < -0.3 is 24.3 Å². The minimum absolute atomic E-state index is 0.0473. The van der Waals surface area contributed by atoms with Crippen LogP contribution in [0.3, 0.4) is 0 Å². The van der Waals surface area contributed by atoms with Crippen LogP contribution in [-0.4, -0.2) is 31.7 Å². The summed E-state index contributed by atoms with van der Waals surface area (Å²) in [6, 6.07) is 16.7. The lowest BCUT2D eigenvalue weighted by Gasteiger charge is -2.14. The van der Waals surface area contributed by atoms with Gasteiger partial charge in [-0.2, -0.15) is 0 Å². The third-order valence-corrected chi connectivity index (χ3v) is 3.57. The average Bonchev–Trinajstić information content (AvgIpc) is 2.73. The highest BCUT2D eigenvalue weighted by atomic mass is 16.6. The smallest absolute Gasteiger partial charge is 0.377 e. The number of amides is 1. The highest BCUT2D eigenvalue weighted by Gasteiger charge is 2.17. The summed E-state index contributed by atoms with van der Waals surface area (Å²) in [4.78, 5) is 23.6. The van der Waals surface area contributed by atoms with E-state index in [9.17, 15) is 9.59 Å². The van der Waals surface area contributed by atoms with Crippen molar-refractivity contribution in [3.05, 3.63) is 72.2 Å². The first-order chi connectivity index (χ1) is 13.2. The van der Waals surface area contributed by atoms with E-state index in [0.717, 1.165) is 5.56 Å². The van der Waals surface area contributed by atoms with Crippen LogP contribution in [0.4, 0.5) is 5.69 Å². The molecule has 0 aliphatic carbocycles. The van der Waals surface area contributed by atoms with Crippen molar-refractivity contribution in [2.45, 2.75) is 6.61 Å². The minimum atomic E-state index is -0.741. The average molecular weight is 369 g/mol. The third-order valence-electron chi connectivity index (χ3n) is 3.57. The first-order valence-corrected chi connectivity index (χ1v) is 8.39. The van der Waals surface area contributed by atoms with Gasteiger partial charge in [0.2, 0.25) is 5.76 Å². The van der Waals surface area contributed by atoms with Crippen molar-refractivity contribution < 1.29 is 28.5 Å². The van der Waals surface area contributed by atoms with Crippen LogP contribution in [-0.2, 0) is 30.4 Å². The Hall–Kier alpha value is -3.48. The van der Waals surface area contributed by atoms with Crippen LogP contribution in [0, 0.1) is 0 Å². The highest BCUT2D eigenvalue weighted by molar-refractivity contribution is 5.94. The van der Waals surface area contributed by atoms with Crippen LogP contribution in [0.25, 0.3) is 0 Å². The molecule has 0 fully saturated rings. The second-order valence-corrected chi connectivity index (χ2v) is 5.62. The quantitative estimate of drug-likeness (QED) is 0.756. The summed E-state index contributed by atoms with van der Waals surface area (Å²) in [5.41, 5.74) is 1.64. The molecule has 1 amide bonds. The zero-order chi connectivity index (χ0) is 18.9. The molecule has 27 heavy (non-hydrogen) atoms. The normalized spacial score (nSPS) is 12.8. The van der Waals surface area contributed by atoms with Crippen molar-refractivity contribution in [1.29, 1.82) is 0 Å². The molecule has 7 heteroatoms. The lowest BCUT2D eigenvalue weighted by atomic mass is 10.2. The largest absolute Gasteiger partial charge is 0.493 e. The van der Waals surface area contributed by atoms with E-state index in [1.54, 1.807) is 24.3 Å². The monoisotopic (exact) mass is 369 g/mol. The summed E-state index contributed by atoms with van der Waals surface area (Å²) >= 11 is 0. The molecule has 2 aromatic carbocycles. The number of carbonyl (C=O) groups excluding carboxylic acids is 2. The second-order valence-electron chi connectivity index (χ2n) is 5.62. The molecule has 3 rings (SSSR count). The van der Waals surface area contributed by atoms with Crippen LogP contribution in [0.2, 0.25) is 0 Å². The van der Waals surface area contributed by atoms with Crippen molar-refractivity contribution >= 4 is 17.6 Å². The Bertz CT molecular complexity index is 801. The summed E-state index contributed by atoms with van der Waals surface area (Å²) in [6.45, 7) is 0.685. The molecule has 2 aromatic rings. The number of nitrogens with one attached hydrogen (secondary N) is 1. The SMILES string of the molecule is O=C(COC(=O)C1=COCCO1)Nc1ccc(OCc2ccccc2)cc1. The first-order valence-electron chi connectivity index (χ1n) is 8.39. The Kier molecular flexibility index (Phi) is 6.30. The molecule has 0 saturated heterocycles. The van der Waals surface area contributed by atoms with Crippen molar-refractivity contribution in [1.82, 2.24) is 0 Å². The van der Waals surface area contributed by atoms with Gasteiger partial charge in [0.1, 0.15) is 31.8 Å². The van der Waals surface area contributed by atoms with Gasteiger partial charge in [0.15, 0.2) is 6.61 Å². The molecule has 1 aliphatic rings. The number of anilines is 1. The molecular formula is C20H19NO6. The van der Waals surface area contributed by atoms with Crippen molar-refractivity contribution in [3.63, 3.8) is 0 Å². The molecule has 0 atom stereocenters. The van der Waals surface area contributed by atoms with Gasteiger partial charge in [-0.3, -0.25) is 4.79 Å². The first kappa shape index (κ1) is 18.3. The number of hydrogen-bond donors (Lipinski definition) is 1. The molecule has 7 nitrogen and oxygen atoms in total. The maximum absolute atomic E-state index is 11.9. The molecule has 0 saturated carbocycles. The number of esters is 1. The van der Waals surface area contributed by atoms with E-state index >= 15 is 0 Å². The summed E-state index contributed by atoms with van der Waals surface area (Å²) in [7, 11) is 0. The van der Waals surface area contributed by atoms with Crippen LogP contribution in [0.1, 0.15) is 5.56 Å². The third kappa shape index (κ3) is 5.78. The van der Waals surface area contributed by atoms with E-state index in [1.165, 1.54) is 6.26 Å². The molecule has 1 heterocycles. The summed E-state index contributed by atoms with van der Waals surface area (Å²) in [6.07, 6.45) is 1.18. The lowest BCUT2D eigenvalue weighted by molar-refractivity contribution is -0.148. The Balaban J connectivity index is 1.42. The van der Waals surface area contributed by atoms with Gasteiger partial charge in [0.05, 0.1) is 0 Å². The summed E-state index contributed by atoms with van der Waals surface area (Å²) < 4.78 is 20.6. The molecule has 140 valence electrons. The number of hydrogen-bond acceptors (Lipinski definition) is 6. The maximum Gasteiger partial charge on any atom is 0.377 e. The zero-order valence-electron chi connectivity index (χ0n) is 14.6. The zero-order valence-corrected chi connectivity index (χ0v) is 14.6. The number of benzene rings is 2. The van der Waals surface area contributed by atoms with E-state index in [0.29, 0.717) is 24.7 Å². The van der Waals surface area contributed by atoms with E-state index in [-0.39, 0.29) is 12.4 Å². The summed E-state index contributed by atoms with van der Waals surface area (Å²) in [5, 5.41) is 2.64. The predicted molar refractivity (Wildman–Crippen MR) is 96.8 cm³/mol. The van der Waals surface area contributed by atoms with Crippen LogP contribution >= 0.6 is 0 Å². The molecule has 0 unspecified atom stereocenters. The number of ether oxygens (including phenoxy) is 4. The Morgan fingerprint density at radius 1 is 1.00 bits per heavy atom. The van der Waals surface area contributed by atoms with Crippen LogP contribution in [0.5, 0.6) is 5.75 Å². The molecule has 0 spiro atoms. The van der Waals surface area contributed by atoms with Crippen molar-refractivity contribution in [3.8, 4) is 5.75 Å². The second kappa shape index (κ2) is 9.28. The summed E-state index contributed by atoms with van der Waals surface area (Å²) in [5.74, 6) is -0.563. The van der Waals surface area contributed by atoms with Crippen molar-refractivity contribution in [2.75, 3.05) is 25.1 Å². The van der Waals surface area contributed by atoms with Crippen molar-refractivity contribution in [2.24, 2.45) is 0 Å².